The summed E-state index contributed by atoms with van der Waals surface area (Å²) >= 11 is 3.52. The average molecular weight is 263 g/mol. The summed E-state index contributed by atoms with van der Waals surface area (Å²) in [5.74, 6) is 0. The second-order valence-corrected chi connectivity index (χ2v) is 4.80. The number of aromatic amines is 1. The van der Waals surface area contributed by atoms with Gasteiger partial charge in [-0.1, -0.05) is 15.9 Å². The Morgan fingerprint density at radius 3 is 3.13 bits per heavy atom. The summed E-state index contributed by atoms with van der Waals surface area (Å²) in [4.78, 5) is 7.90. The van der Waals surface area contributed by atoms with E-state index < -0.39 is 0 Å². The molecule has 1 N–H and O–H groups in total. The summed E-state index contributed by atoms with van der Waals surface area (Å²) in [5, 5.41) is 1.33. The van der Waals surface area contributed by atoms with E-state index in [0.29, 0.717) is 0 Å². The number of hydrogen-bond donors (Lipinski definition) is 1. The number of aromatic nitrogens is 1. The lowest BCUT2D eigenvalue weighted by molar-refractivity contribution is 0.945. The van der Waals surface area contributed by atoms with Crippen LogP contribution in [-0.4, -0.2) is 17.2 Å². The van der Waals surface area contributed by atoms with Crippen LogP contribution < -0.4 is 0 Å². The fourth-order valence-electron chi connectivity index (χ4n) is 2.20. The molecular weight excluding hydrogens is 252 g/mol. The van der Waals surface area contributed by atoms with Crippen molar-refractivity contribution < 1.29 is 0 Å². The number of nitrogens with one attached hydrogen (secondary N) is 1. The van der Waals surface area contributed by atoms with Gasteiger partial charge in [0.25, 0.3) is 0 Å². The zero-order valence-corrected chi connectivity index (χ0v) is 10.1. The average Bonchev–Trinajstić information content (AvgIpc) is 2.58. The summed E-state index contributed by atoms with van der Waals surface area (Å²) in [6.45, 7) is 2.99. The molecule has 15 heavy (non-hydrogen) atoms. The van der Waals surface area contributed by atoms with Crippen molar-refractivity contribution >= 4 is 32.5 Å². The number of H-pyrrole nitrogens is 1. The Balaban J connectivity index is 2.38. The number of nitrogens with zero attached hydrogens (tertiary/aromatic N) is 1. The van der Waals surface area contributed by atoms with E-state index in [2.05, 4.69) is 51.0 Å². The van der Waals surface area contributed by atoms with E-state index in [0.717, 1.165) is 23.1 Å². The van der Waals surface area contributed by atoms with Gasteiger partial charge in [0.1, 0.15) is 0 Å². The largest absolute Gasteiger partial charge is 0.353 e. The summed E-state index contributed by atoms with van der Waals surface area (Å²) in [7, 11) is 0. The molecule has 0 saturated carbocycles. The van der Waals surface area contributed by atoms with Gasteiger partial charge in [0.15, 0.2) is 0 Å². The third-order valence-corrected chi connectivity index (χ3v) is 3.43. The number of halogens is 1. The molecule has 0 spiro atoms. The second-order valence-electron chi connectivity index (χ2n) is 3.89. The van der Waals surface area contributed by atoms with Gasteiger partial charge in [-0.25, -0.2) is 0 Å². The van der Waals surface area contributed by atoms with E-state index in [1.165, 1.54) is 22.2 Å². The Hall–Kier alpha value is -1.09. The van der Waals surface area contributed by atoms with E-state index in [1.807, 2.05) is 0 Å². The quantitative estimate of drug-likeness (QED) is 0.755. The molecule has 1 aliphatic rings. The van der Waals surface area contributed by atoms with E-state index in [9.17, 15) is 0 Å². The highest BCUT2D eigenvalue weighted by Gasteiger charge is 2.16. The Bertz CT molecular complexity index is 566. The maximum absolute atomic E-state index is 4.46. The third-order valence-electron chi connectivity index (χ3n) is 2.94. The molecule has 0 unspecified atom stereocenters. The molecule has 1 aromatic carbocycles. The van der Waals surface area contributed by atoms with Crippen molar-refractivity contribution in [2.45, 2.75) is 13.3 Å². The van der Waals surface area contributed by atoms with Gasteiger partial charge in [-0.2, -0.15) is 0 Å². The van der Waals surface area contributed by atoms with Crippen molar-refractivity contribution in [3.05, 3.63) is 33.9 Å². The predicted molar refractivity (Wildman–Crippen MR) is 66.8 cm³/mol. The zero-order chi connectivity index (χ0) is 10.4. The van der Waals surface area contributed by atoms with Gasteiger partial charge in [0.05, 0.1) is 11.4 Å². The first-order valence-corrected chi connectivity index (χ1v) is 5.86. The SMILES string of the molecule is CC1=NCCc2c1[nH]c1ccc(Br)cc21. The van der Waals surface area contributed by atoms with Crippen LogP contribution in [0.15, 0.2) is 27.7 Å². The van der Waals surface area contributed by atoms with Gasteiger partial charge in [0, 0.05) is 21.9 Å². The molecular formula is C12H11BrN2. The monoisotopic (exact) mass is 262 g/mol. The van der Waals surface area contributed by atoms with E-state index in [1.54, 1.807) is 0 Å². The first-order valence-electron chi connectivity index (χ1n) is 5.07. The number of benzene rings is 1. The van der Waals surface area contributed by atoms with Gasteiger partial charge in [0.2, 0.25) is 0 Å². The number of fused-ring (bicyclic) bond motifs is 3. The van der Waals surface area contributed by atoms with Crippen LogP contribution in [0.3, 0.4) is 0 Å². The molecule has 3 heteroatoms. The summed E-state index contributed by atoms with van der Waals surface area (Å²) in [6, 6.07) is 6.37. The topological polar surface area (TPSA) is 28.1 Å². The Morgan fingerprint density at radius 1 is 1.40 bits per heavy atom. The van der Waals surface area contributed by atoms with Crippen molar-refractivity contribution in [3.8, 4) is 0 Å². The van der Waals surface area contributed by atoms with Crippen molar-refractivity contribution in [2.24, 2.45) is 4.99 Å². The van der Waals surface area contributed by atoms with Crippen LogP contribution in [0.1, 0.15) is 18.2 Å². The molecule has 0 aliphatic carbocycles. The van der Waals surface area contributed by atoms with Crippen LogP contribution in [0.5, 0.6) is 0 Å². The summed E-state index contributed by atoms with van der Waals surface area (Å²) in [5.41, 5.74) is 4.97. The third kappa shape index (κ3) is 1.34. The molecule has 2 nitrogen and oxygen atoms in total. The molecule has 0 atom stereocenters. The van der Waals surface area contributed by atoms with Crippen LogP contribution in [0, 0.1) is 0 Å². The van der Waals surface area contributed by atoms with Gasteiger partial charge in [-0.3, -0.25) is 4.99 Å². The molecule has 2 aromatic rings. The van der Waals surface area contributed by atoms with Crippen molar-refractivity contribution in [3.63, 3.8) is 0 Å². The standard InChI is InChI=1S/C12H11BrN2/c1-7-12-9(4-5-14-7)10-6-8(13)2-3-11(10)15-12/h2-3,6,15H,4-5H2,1H3. The van der Waals surface area contributed by atoms with Crippen molar-refractivity contribution in [2.75, 3.05) is 6.54 Å². The highest BCUT2D eigenvalue weighted by molar-refractivity contribution is 9.10. The Labute approximate surface area is 96.5 Å². The minimum Gasteiger partial charge on any atom is -0.353 e. The minimum atomic E-state index is 0.915. The highest BCUT2D eigenvalue weighted by Crippen LogP contribution is 2.28. The first kappa shape index (κ1) is 9.16. The fourth-order valence-corrected chi connectivity index (χ4v) is 2.56. The molecule has 3 rings (SSSR count). The molecule has 0 amide bonds. The molecule has 0 radical (unpaired) electrons. The van der Waals surface area contributed by atoms with E-state index in [4.69, 9.17) is 0 Å². The van der Waals surface area contributed by atoms with Gasteiger partial charge >= 0.3 is 0 Å². The second kappa shape index (κ2) is 3.20. The minimum absolute atomic E-state index is 0.915. The van der Waals surface area contributed by atoms with Crippen LogP contribution in [0.25, 0.3) is 10.9 Å². The Kier molecular flexibility index (Phi) is 1.96. The van der Waals surface area contributed by atoms with Crippen LogP contribution in [0.2, 0.25) is 0 Å². The summed E-state index contributed by atoms with van der Waals surface area (Å²) < 4.78 is 1.14. The normalized spacial score (nSPS) is 15.2. The van der Waals surface area contributed by atoms with Crippen LogP contribution >= 0.6 is 15.9 Å². The lowest BCUT2D eigenvalue weighted by atomic mass is 10.0. The number of rotatable bonds is 0. The molecule has 76 valence electrons. The zero-order valence-electron chi connectivity index (χ0n) is 8.47. The maximum atomic E-state index is 4.46. The lowest BCUT2D eigenvalue weighted by Crippen LogP contribution is -2.08. The summed E-state index contributed by atoms with van der Waals surface area (Å²) in [6.07, 6.45) is 1.04. The van der Waals surface area contributed by atoms with Crippen molar-refractivity contribution in [1.82, 2.24) is 4.98 Å². The highest BCUT2D eigenvalue weighted by atomic mass is 79.9. The van der Waals surface area contributed by atoms with Crippen molar-refractivity contribution in [1.29, 1.82) is 0 Å². The first-order chi connectivity index (χ1) is 7.25. The van der Waals surface area contributed by atoms with Gasteiger partial charge in [-0.15, -0.1) is 0 Å². The van der Waals surface area contributed by atoms with Gasteiger partial charge in [-0.05, 0) is 37.1 Å². The fraction of sp³-hybridized carbons (Fsp3) is 0.250. The smallest absolute Gasteiger partial charge is 0.0635 e. The van der Waals surface area contributed by atoms with E-state index in [-0.39, 0.29) is 0 Å². The number of aliphatic imine (C=N–C) groups is 1. The molecule has 0 bridgehead atoms. The molecule has 2 heterocycles. The van der Waals surface area contributed by atoms with E-state index >= 15 is 0 Å². The molecule has 0 saturated heterocycles. The molecule has 1 aromatic heterocycles. The Morgan fingerprint density at radius 2 is 2.27 bits per heavy atom. The predicted octanol–water partition coefficient (Wildman–Crippen LogP) is 3.30. The number of hydrogen-bond acceptors (Lipinski definition) is 1. The maximum Gasteiger partial charge on any atom is 0.0635 e. The van der Waals surface area contributed by atoms with Crippen LogP contribution in [-0.2, 0) is 6.42 Å². The van der Waals surface area contributed by atoms with Gasteiger partial charge < -0.3 is 4.98 Å². The molecule has 0 fully saturated rings. The van der Waals surface area contributed by atoms with Crippen LogP contribution in [0.4, 0.5) is 0 Å². The lowest BCUT2D eigenvalue weighted by Gasteiger charge is -2.09. The molecule has 1 aliphatic heterocycles.